The lowest BCUT2D eigenvalue weighted by Gasteiger charge is -2.47. The number of Topliss-reactive ketones (excluding diaryl/α,β-unsaturated/α-hetero) is 1. The molecule has 96 valence electrons. The van der Waals surface area contributed by atoms with Crippen LogP contribution in [0, 0.1) is 17.8 Å². The number of aliphatic hydroxyl groups is 1. The van der Waals surface area contributed by atoms with E-state index < -0.39 is 17.0 Å². The highest BCUT2D eigenvalue weighted by Crippen LogP contribution is 2.60. The number of carbonyl (C=O) groups is 1. The van der Waals surface area contributed by atoms with Crippen LogP contribution in [0.25, 0.3) is 0 Å². The minimum Gasteiger partial charge on any atom is -0.389 e. The normalized spacial score (nSPS) is 57.3. The molecular formula is C13H21O3P. The average Bonchev–Trinajstić information content (AvgIpc) is 2.77. The standard InChI is InChI=1S/C13H21O3P/c1-3-7-4-5-8-10(7)11(15)13(17)6-9(14)12(8,2)16-13/h7-8,10-11,15H,3-6,17H2,1-2H3/t7?,8?,10?,11?,12-,13+/m0/s1. The van der Waals surface area contributed by atoms with Crippen molar-refractivity contribution in [2.45, 2.75) is 56.6 Å². The molecule has 3 fully saturated rings. The van der Waals surface area contributed by atoms with Gasteiger partial charge in [-0.2, -0.15) is 0 Å². The molecule has 7 atom stereocenters. The SMILES string of the molecule is CCC1CCC2C1C(O)[C@]1(P)CC(=O)[C@@]2(C)O1. The molecule has 0 aromatic rings. The van der Waals surface area contributed by atoms with Crippen LogP contribution >= 0.6 is 9.24 Å². The summed E-state index contributed by atoms with van der Waals surface area (Å²) in [5.74, 6) is 1.17. The molecule has 0 aromatic carbocycles. The van der Waals surface area contributed by atoms with E-state index in [0.29, 0.717) is 12.3 Å². The third kappa shape index (κ3) is 1.37. The Balaban J connectivity index is 2.04. The number of hydrogen-bond donors (Lipinski definition) is 1. The molecule has 1 aliphatic carbocycles. The molecule has 2 saturated heterocycles. The molecule has 0 aromatic heterocycles. The van der Waals surface area contributed by atoms with E-state index in [0.717, 1.165) is 19.3 Å². The van der Waals surface area contributed by atoms with Crippen molar-refractivity contribution in [1.29, 1.82) is 0 Å². The van der Waals surface area contributed by atoms with Gasteiger partial charge in [-0.05, 0) is 31.6 Å². The van der Waals surface area contributed by atoms with Crippen LogP contribution < -0.4 is 0 Å². The van der Waals surface area contributed by atoms with Crippen LogP contribution in [0.4, 0.5) is 0 Å². The smallest absolute Gasteiger partial charge is 0.168 e. The van der Waals surface area contributed by atoms with Crippen LogP contribution in [0.5, 0.6) is 0 Å². The maximum Gasteiger partial charge on any atom is 0.168 e. The van der Waals surface area contributed by atoms with Crippen molar-refractivity contribution in [3.8, 4) is 0 Å². The average molecular weight is 256 g/mol. The van der Waals surface area contributed by atoms with Crippen molar-refractivity contribution in [1.82, 2.24) is 0 Å². The number of rotatable bonds is 1. The Bertz CT molecular complexity index is 372. The minimum absolute atomic E-state index is 0.177. The summed E-state index contributed by atoms with van der Waals surface area (Å²) in [4.78, 5) is 12.2. The summed E-state index contributed by atoms with van der Waals surface area (Å²) in [6.07, 6.45) is 3.06. The van der Waals surface area contributed by atoms with Crippen molar-refractivity contribution in [2.24, 2.45) is 17.8 Å². The molecule has 0 amide bonds. The fraction of sp³-hybridized carbons (Fsp3) is 0.923. The molecular weight excluding hydrogens is 235 g/mol. The zero-order valence-corrected chi connectivity index (χ0v) is 11.6. The van der Waals surface area contributed by atoms with Gasteiger partial charge in [0.15, 0.2) is 5.78 Å². The van der Waals surface area contributed by atoms with E-state index in [2.05, 4.69) is 16.2 Å². The maximum absolute atomic E-state index is 12.2. The van der Waals surface area contributed by atoms with Gasteiger partial charge in [-0.3, -0.25) is 4.79 Å². The number of hydrogen-bond acceptors (Lipinski definition) is 3. The first-order valence-corrected chi connectivity index (χ1v) is 7.20. The maximum atomic E-state index is 12.2. The minimum atomic E-state index is -0.717. The first-order valence-electron chi connectivity index (χ1n) is 6.63. The summed E-state index contributed by atoms with van der Waals surface area (Å²) in [6, 6.07) is 0. The zero-order chi connectivity index (χ0) is 12.4. The van der Waals surface area contributed by atoms with Crippen LogP contribution in [0.3, 0.4) is 0 Å². The van der Waals surface area contributed by atoms with E-state index in [1.165, 1.54) is 0 Å². The Morgan fingerprint density at radius 2 is 2.24 bits per heavy atom. The van der Waals surface area contributed by atoms with Crippen molar-refractivity contribution >= 4 is 15.0 Å². The number of fused-ring (bicyclic) bond motifs is 4. The topological polar surface area (TPSA) is 46.5 Å². The molecule has 4 heteroatoms. The van der Waals surface area contributed by atoms with Gasteiger partial charge < -0.3 is 9.84 Å². The Labute approximate surface area is 105 Å². The van der Waals surface area contributed by atoms with Crippen LogP contribution in [-0.4, -0.2) is 27.9 Å². The number of ether oxygens (including phenoxy) is 1. The lowest BCUT2D eigenvalue weighted by Crippen LogP contribution is -2.56. The van der Waals surface area contributed by atoms with Gasteiger partial charge in [0.1, 0.15) is 10.9 Å². The second kappa shape index (κ2) is 3.53. The van der Waals surface area contributed by atoms with Gasteiger partial charge >= 0.3 is 0 Å². The Morgan fingerprint density at radius 1 is 1.53 bits per heavy atom. The zero-order valence-electron chi connectivity index (χ0n) is 10.5. The summed E-state index contributed by atoms with van der Waals surface area (Å²) in [7, 11) is 2.60. The molecule has 17 heavy (non-hydrogen) atoms. The van der Waals surface area contributed by atoms with Gasteiger partial charge in [0.05, 0.1) is 6.10 Å². The molecule has 2 heterocycles. The summed E-state index contributed by atoms with van der Waals surface area (Å²) < 4.78 is 5.97. The highest BCUT2D eigenvalue weighted by molar-refractivity contribution is 7.19. The molecule has 2 aliphatic heterocycles. The molecule has 1 saturated carbocycles. The molecule has 1 N–H and O–H groups in total. The van der Waals surface area contributed by atoms with Gasteiger partial charge in [0.2, 0.25) is 0 Å². The molecule has 0 spiro atoms. The van der Waals surface area contributed by atoms with Crippen molar-refractivity contribution in [3.05, 3.63) is 0 Å². The first-order chi connectivity index (χ1) is 7.92. The quantitative estimate of drug-likeness (QED) is 0.727. The van der Waals surface area contributed by atoms with Gasteiger partial charge in [-0.25, -0.2) is 0 Å². The predicted octanol–water partition coefficient (Wildman–Crippen LogP) is 1.73. The Morgan fingerprint density at radius 3 is 2.88 bits per heavy atom. The predicted molar refractivity (Wildman–Crippen MR) is 67.6 cm³/mol. The highest BCUT2D eigenvalue weighted by atomic mass is 31.0. The van der Waals surface area contributed by atoms with Crippen LogP contribution in [0.1, 0.15) is 39.5 Å². The second-order valence-electron chi connectivity index (χ2n) is 6.14. The molecule has 3 rings (SSSR count). The van der Waals surface area contributed by atoms with Gasteiger partial charge in [-0.1, -0.05) is 22.6 Å². The van der Waals surface area contributed by atoms with E-state index in [1.54, 1.807) is 0 Å². The largest absolute Gasteiger partial charge is 0.389 e. The lowest BCUT2D eigenvalue weighted by atomic mass is 9.74. The highest BCUT2D eigenvalue weighted by Gasteiger charge is 2.67. The fourth-order valence-corrected chi connectivity index (χ4v) is 5.04. The number of carbonyl (C=O) groups excluding carboxylic acids is 1. The van der Waals surface area contributed by atoms with Crippen LogP contribution in [-0.2, 0) is 9.53 Å². The van der Waals surface area contributed by atoms with Gasteiger partial charge in [-0.15, -0.1) is 0 Å². The summed E-state index contributed by atoms with van der Waals surface area (Å²) in [5.41, 5.74) is -0.643. The van der Waals surface area contributed by atoms with Crippen molar-refractivity contribution < 1.29 is 14.6 Å². The molecule has 3 aliphatic rings. The van der Waals surface area contributed by atoms with E-state index >= 15 is 0 Å². The van der Waals surface area contributed by atoms with Crippen molar-refractivity contribution in [3.63, 3.8) is 0 Å². The van der Waals surface area contributed by atoms with Gasteiger partial charge in [0.25, 0.3) is 0 Å². The second-order valence-corrected chi connectivity index (χ2v) is 7.12. The summed E-state index contributed by atoms with van der Waals surface area (Å²) in [5, 5.41) is 9.84. The van der Waals surface area contributed by atoms with E-state index in [4.69, 9.17) is 4.74 Å². The van der Waals surface area contributed by atoms with E-state index in [1.807, 2.05) is 6.92 Å². The van der Waals surface area contributed by atoms with Crippen LogP contribution in [0.2, 0.25) is 0 Å². The third-order valence-electron chi connectivity index (χ3n) is 5.35. The monoisotopic (exact) mass is 256 g/mol. The van der Waals surface area contributed by atoms with Crippen LogP contribution in [0.15, 0.2) is 0 Å². The Hall–Kier alpha value is 0.0200. The van der Waals surface area contributed by atoms with Crippen molar-refractivity contribution in [2.75, 3.05) is 0 Å². The summed E-state index contributed by atoms with van der Waals surface area (Å²) in [6.45, 7) is 4.11. The summed E-state index contributed by atoms with van der Waals surface area (Å²) >= 11 is 0. The van der Waals surface area contributed by atoms with E-state index in [9.17, 15) is 9.90 Å². The molecule has 0 radical (unpaired) electrons. The Kier molecular flexibility index (Phi) is 2.50. The third-order valence-corrected chi connectivity index (χ3v) is 6.01. The lowest BCUT2D eigenvalue weighted by molar-refractivity contribution is -0.199. The van der Waals surface area contributed by atoms with Gasteiger partial charge in [0, 0.05) is 12.3 Å². The molecule has 5 unspecified atom stereocenters. The fourth-order valence-electron chi connectivity index (χ4n) is 4.39. The number of aliphatic hydroxyl groups excluding tert-OH is 1. The molecule has 3 nitrogen and oxygen atoms in total. The number of ketones is 1. The molecule has 2 bridgehead atoms. The first kappa shape index (κ1) is 12.1. The van der Waals surface area contributed by atoms with E-state index in [-0.39, 0.29) is 17.6 Å².